The highest BCUT2D eigenvalue weighted by atomic mass is 32.2. The predicted octanol–water partition coefficient (Wildman–Crippen LogP) is -0.537. The van der Waals surface area contributed by atoms with Crippen molar-refractivity contribution in [2.24, 2.45) is 0 Å². The Morgan fingerprint density at radius 3 is 2.46 bits per heavy atom. The lowest BCUT2D eigenvalue weighted by molar-refractivity contribution is -0.119. The summed E-state index contributed by atoms with van der Waals surface area (Å²) >= 11 is 0. The van der Waals surface area contributed by atoms with E-state index in [1.807, 2.05) is 5.43 Å². The van der Waals surface area contributed by atoms with Crippen LogP contribution in [0.3, 0.4) is 0 Å². The molecule has 0 fully saturated rings. The summed E-state index contributed by atoms with van der Waals surface area (Å²) < 4.78 is 26.1. The molecule has 0 aromatic carbocycles. The predicted molar refractivity (Wildman–Crippen MR) is 46.6 cm³/mol. The van der Waals surface area contributed by atoms with Gasteiger partial charge in [-0.2, -0.15) is 12.7 Å². The van der Waals surface area contributed by atoms with E-state index in [0.29, 0.717) is 0 Å². The zero-order valence-corrected chi connectivity index (χ0v) is 8.22. The number of rotatable bonds is 5. The summed E-state index contributed by atoms with van der Waals surface area (Å²) in [7, 11) is -3.66. The van der Waals surface area contributed by atoms with Gasteiger partial charge in [0, 0.05) is 0 Å². The number of carbonyl (C=O) groups is 1. The van der Waals surface area contributed by atoms with Gasteiger partial charge in [-0.3, -0.25) is 10.2 Å². The lowest BCUT2D eigenvalue weighted by Crippen LogP contribution is -2.39. The Balaban J connectivity index is 3.91. The second kappa shape index (κ2) is 4.95. The maximum Gasteiger partial charge on any atom is 0.287 e. The van der Waals surface area contributed by atoms with Crippen LogP contribution < -0.4 is 11.0 Å². The highest BCUT2D eigenvalue weighted by Crippen LogP contribution is 1.98. The molecule has 0 heterocycles. The molecule has 0 aromatic heterocycles. The van der Waals surface area contributed by atoms with Crippen LogP contribution in [-0.2, 0) is 19.2 Å². The number of amides is 1. The fraction of sp³-hybridized carbons (Fsp3) is 0.500. The average Bonchev–Trinajstić information content (AvgIpc) is 2.03. The van der Waals surface area contributed by atoms with E-state index >= 15 is 0 Å². The lowest BCUT2D eigenvalue weighted by atomic mass is 10.6. The molecule has 1 amide bonds. The molecule has 0 unspecified atom stereocenters. The van der Waals surface area contributed by atoms with Crippen LogP contribution in [0, 0.1) is 0 Å². The Hall–Kier alpha value is -0.920. The van der Waals surface area contributed by atoms with Gasteiger partial charge in [-0.1, -0.05) is 12.2 Å². The molecule has 13 heavy (non-hydrogen) atoms. The van der Waals surface area contributed by atoms with Crippen molar-refractivity contribution in [3.63, 3.8) is 0 Å². The van der Waals surface area contributed by atoms with Crippen LogP contribution in [-0.4, -0.2) is 19.6 Å². The van der Waals surface area contributed by atoms with E-state index < -0.39 is 21.3 Å². The van der Waals surface area contributed by atoms with Gasteiger partial charge in [0.25, 0.3) is 16.0 Å². The molecule has 6 nitrogen and oxygen atoms in total. The molecule has 0 aliphatic rings. The molecule has 0 radical (unpaired) electrons. The van der Waals surface area contributed by atoms with Crippen molar-refractivity contribution < 1.29 is 17.5 Å². The summed E-state index contributed by atoms with van der Waals surface area (Å²) in [5.74, 6) is -0.584. The van der Waals surface area contributed by atoms with Crippen LogP contribution in [0.5, 0.6) is 0 Å². The summed E-state index contributed by atoms with van der Waals surface area (Å²) in [6, 6.07) is 0. The van der Waals surface area contributed by atoms with Gasteiger partial charge in [0.05, 0.1) is 5.25 Å². The van der Waals surface area contributed by atoms with Gasteiger partial charge in [-0.25, -0.2) is 0 Å². The van der Waals surface area contributed by atoms with Crippen molar-refractivity contribution in [1.82, 2.24) is 11.0 Å². The molecule has 0 aliphatic heterocycles. The van der Waals surface area contributed by atoms with Crippen LogP contribution in [0.2, 0.25) is 0 Å². The minimum Gasteiger partial charge on any atom is -0.269 e. The second-order valence-electron chi connectivity index (χ2n) is 2.42. The van der Waals surface area contributed by atoms with Gasteiger partial charge >= 0.3 is 0 Å². The molecule has 0 rings (SSSR count). The van der Waals surface area contributed by atoms with E-state index in [1.165, 1.54) is 13.8 Å². The van der Waals surface area contributed by atoms with Crippen molar-refractivity contribution in [2.75, 3.05) is 0 Å². The van der Waals surface area contributed by atoms with E-state index in [-0.39, 0.29) is 0 Å². The van der Waals surface area contributed by atoms with Crippen molar-refractivity contribution in [1.29, 1.82) is 0 Å². The van der Waals surface area contributed by atoms with Crippen LogP contribution in [0.25, 0.3) is 0 Å². The van der Waals surface area contributed by atoms with Gasteiger partial charge in [0.2, 0.25) is 0 Å². The van der Waals surface area contributed by atoms with E-state index in [1.54, 1.807) is 5.59 Å². The Labute approximate surface area is 77.0 Å². The minimum absolute atomic E-state index is 0.584. The van der Waals surface area contributed by atoms with E-state index in [0.717, 1.165) is 6.08 Å². The summed E-state index contributed by atoms with van der Waals surface area (Å²) in [5.41, 5.74) is 3.73. The van der Waals surface area contributed by atoms with E-state index in [2.05, 4.69) is 10.9 Å². The fourth-order valence-electron chi connectivity index (χ4n) is 0.276. The number of nitrogens with one attached hydrogen (secondary N) is 2. The largest absolute Gasteiger partial charge is 0.287 e. The third-order valence-electron chi connectivity index (χ3n) is 1.09. The first kappa shape index (κ1) is 12.1. The van der Waals surface area contributed by atoms with Crippen molar-refractivity contribution in [3.05, 3.63) is 12.7 Å². The smallest absolute Gasteiger partial charge is 0.269 e. The molecular weight excluding hydrogens is 196 g/mol. The second-order valence-corrected chi connectivity index (χ2v) is 4.52. The highest BCUT2D eigenvalue weighted by Gasteiger charge is 2.16. The molecule has 0 spiro atoms. The standard InChI is InChI=1S/C6H12N2O4S/c1-4-6(9)7-8-12-13(10,11)5(2)3/h4-5,8H,1H2,2-3H3,(H,7,9). The first-order chi connectivity index (χ1) is 5.90. The number of hydrogen-bond acceptors (Lipinski definition) is 5. The first-order valence-corrected chi connectivity index (χ1v) is 4.97. The minimum atomic E-state index is -3.66. The molecule has 0 aromatic rings. The molecule has 2 N–H and O–H groups in total. The van der Waals surface area contributed by atoms with Gasteiger partial charge in [0.1, 0.15) is 0 Å². The van der Waals surface area contributed by atoms with E-state index in [9.17, 15) is 13.2 Å². The van der Waals surface area contributed by atoms with Crippen LogP contribution in [0.15, 0.2) is 12.7 Å². The number of hydrogen-bond donors (Lipinski definition) is 2. The highest BCUT2D eigenvalue weighted by molar-refractivity contribution is 7.87. The Morgan fingerprint density at radius 1 is 1.54 bits per heavy atom. The van der Waals surface area contributed by atoms with Gasteiger partial charge in [0.15, 0.2) is 0 Å². The first-order valence-electron chi connectivity index (χ1n) is 3.50. The SMILES string of the molecule is C=CC(=O)NNOS(=O)(=O)C(C)C. The molecule has 0 aliphatic carbocycles. The molecule has 76 valence electrons. The van der Waals surface area contributed by atoms with Gasteiger partial charge in [-0.15, -0.1) is 0 Å². The summed E-state index contributed by atoms with van der Waals surface area (Å²) in [6.07, 6.45) is 0.971. The van der Waals surface area contributed by atoms with Crippen molar-refractivity contribution in [2.45, 2.75) is 19.1 Å². The van der Waals surface area contributed by atoms with E-state index in [4.69, 9.17) is 0 Å². The topological polar surface area (TPSA) is 84.5 Å². The Bertz CT molecular complexity index is 283. The number of carbonyl (C=O) groups excluding carboxylic acids is 1. The quantitative estimate of drug-likeness (QED) is 0.468. The number of hydrazine groups is 1. The third kappa shape index (κ3) is 4.61. The maximum absolute atomic E-state index is 10.9. The summed E-state index contributed by atoms with van der Waals surface area (Å²) in [6.45, 7) is 6.06. The lowest BCUT2D eigenvalue weighted by Gasteiger charge is -2.08. The maximum atomic E-state index is 10.9. The molecule has 7 heteroatoms. The Kier molecular flexibility index (Phi) is 4.60. The van der Waals surface area contributed by atoms with Gasteiger partial charge in [-0.05, 0) is 19.9 Å². The van der Waals surface area contributed by atoms with Crippen molar-refractivity contribution >= 4 is 16.0 Å². The summed E-state index contributed by atoms with van der Waals surface area (Å²) in [5, 5.41) is -0.680. The summed E-state index contributed by atoms with van der Waals surface area (Å²) in [4.78, 5) is 10.5. The van der Waals surface area contributed by atoms with Crippen molar-refractivity contribution in [3.8, 4) is 0 Å². The molecule has 0 saturated heterocycles. The van der Waals surface area contributed by atoms with Crippen LogP contribution >= 0.6 is 0 Å². The van der Waals surface area contributed by atoms with Crippen LogP contribution in [0.4, 0.5) is 0 Å². The Morgan fingerprint density at radius 2 is 2.08 bits per heavy atom. The monoisotopic (exact) mass is 208 g/mol. The van der Waals surface area contributed by atoms with Crippen LogP contribution in [0.1, 0.15) is 13.8 Å². The molecule has 0 bridgehead atoms. The zero-order chi connectivity index (χ0) is 10.5. The normalized spacial score (nSPS) is 11.3. The third-order valence-corrected chi connectivity index (χ3v) is 2.57. The molecule has 0 saturated carbocycles. The van der Waals surface area contributed by atoms with Gasteiger partial charge < -0.3 is 0 Å². The zero-order valence-electron chi connectivity index (χ0n) is 7.40. The molecule has 0 atom stereocenters. The molecular formula is C6H12N2O4S. The fourth-order valence-corrected chi connectivity index (χ4v) is 0.627. The average molecular weight is 208 g/mol.